The molecule has 0 aliphatic carbocycles. The fourth-order valence-corrected chi connectivity index (χ4v) is 5.73. The standard InChI is InChI=1S/C27H36N2O5S/c1-19(2)15-26(30)28(16-20-7-6-13-33-20)17-27(31)29-12-10-25-21(11-14-35-25)22(29)18-34-24-9-5-4-8-23(24)32-3/h4-5,8-9,11,14,19-20,22H,6-7,10,12-13,15-18H2,1-3H3. The lowest BCUT2D eigenvalue weighted by Gasteiger charge is -2.37. The van der Waals surface area contributed by atoms with Crippen LogP contribution in [-0.2, 0) is 20.7 Å². The van der Waals surface area contributed by atoms with Crippen molar-refractivity contribution in [1.29, 1.82) is 0 Å². The first-order chi connectivity index (χ1) is 17.0. The number of carbonyl (C=O) groups excluding carboxylic acids is 2. The van der Waals surface area contributed by atoms with E-state index in [2.05, 4.69) is 11.4 Å². The van der Waals surface area contributed by atoms with Gasteiger partial charge in [0.25, 0.3) is 0 Å². The van der Waals surface area contributed by atoms with Gasteiger partial charge in [0.1, 0.15) is 6.61 Å². The van der Waals surface area contributed by atoms with E-state index in [4.69, 9.17) is 14.2 Å². The summed E-state index contributed by atoms with van der Waals surface area (Å²) in [6.07, 6.45) is 3.18. The zero-order valence-corrected chi connectivity index (χ0v) is 21.7. The summed E-state index contributed by atoms with van der Waals surface area (Å²) in [7, 11) is 1.62. The average Bonchev–Trinajstić information content (AvgIpc) is 3.53. The van der Waals surface area contributed by atoms with Crippen molar-refractivity contribution in [2.24, 2.45) is 5.92 Å². The van der Waals surface area contributed by atoms with E-state index in [1.165, 1.54) is 4.88 Å². The summed E-state index contributed by atoms with van der Waals surface area (Å²) in [6, 6.07) is 9.40. The van der Waals surface area contributed by atoms with Crippen LogP contribution >= 0.6 is 11.3 Å². The van der Waals surface area contributed by atoms with Crippen molar-refractivity contribution in [3.8, 4) is 11.5 Å². The van der Waals surface area contributed by atoms with Gasteiger partial charge in [-0.15, -0.1) is 11.3 Å². The second-order valence-electron chi connectivity index (χ2n) is 9.62. The minimum atomic E-state index is -0.216. The molecule has 0 spiro atoms. The summed E-state index contributed by atoms with van der Waals surface area (Å²) in [5, 5.41) is 2.07. The summed E-state index contributed by atoms with van der Waals surface area (Å²) in [6.45, 7) is 6.24. The Morgan fingerprint density at radius 1 is 1.23 bits per heavy atom. The third-order valence-corrected chi connectivity index (χ3v) is 7.59. The highest BCUT2D eigenvalue weighted by atomic mass is 32.1. The van der Waals surface area contributed by atoms with Gasteiger partial charge in [-0.1, -0.05) is 26.0 Å². The first kappa shape index (κ1) is 25.5. The van der Waals surface area contributed by atoms with Crippen LogP contribution in [0, 0.1) is 5.92 Å². The largest absolute Gasteiger partial charge is 0.493 e. The van der Waals surface area contributed by atoms with Gasteiger partial charge < -0.3 is 24.0 Å². The number of methoxy groups -OCH3 is 1. The van der Waals surface area contributed by atoms with E-state index in [-0.39, 0.29) is 36.4 Å². The lowest BCUT2D eigenvalue weighted by atomic mass is 10.00. The summed E-state index contributed by atoms with van der Waals surface area (Å²) in [5.41, 5.74) is 1.13. The highest BCUT2D eigenvalue weighted by molar-refractivity contribution is 7.10. The molecule has 1 fully saturated rings. The van der Waals surface area contributed by atoms with Gasteiger partial charge in [-0.25, -0.2) is 0 Å². The Labute approximate surface area is 212 Å². The Kier molecular flexibility index (Phi) is 8.68. The number of carbonyl (C=O) groups is 2. The number of rotatable bonds is 10. The van der Waals surface area contributed by atoms with Gasteiger partial charge in [-0.05, 0) is 54.3 Å². The fourth-order valence-electron chi connectivity index (χ4n) is 4.80. The number of ether oxygens (including phenoxy) is 3. The molecular formula is C27H36N2O5S. The van der Waals surface area contributed by atoms with E-state index in [1.807, 2.05) is 43.0 Å². The predicted molar refractivity (Wildman–Crippen MR) is 136 cm³/mol. The van der Waals surface area contributed by atoms with E-state index < -0.39 is 0 Å². The van der Waals surface area contributed by atoms with Gasteiger partial charge in [0.2, 0.25) is 11.8 Å². The maximum absolute atomic E-state index is 13.7. The number of hydrogen-bond donors (Lipinski definition) is 0. The molecule has 7 nitrogen and oxygen atoms in total. The topological polar surface area (TPSA) is 68.3 Å². The van der Waals surface area contributed by atoms with Crippen LogP contribution in [0.5, 0.6) is 11.5 Å². The zero-order valence-electron chi connectivity index (χ0n) is 20.9. The molecule has 1 aromatic heterocycles. The van der Waals surface area contributed by atoms with E-state index in [1.54, 1.807) is 23.3 Å². The number of benzene rings is 1. The van der Waals surface area contributed by atoms with Crippen molar-refractivity contribution >= 4 is 23.2 Å². The van der Waals surface area contributed by atoms with Gasteiger partial charge in [-0.3, -0.25) is 9.59 Å². The van der Waals surface area contributed by atoms with E-state index in [0.29, 0.717) is 37.6 Å². The molecule has 2 aliphatic rings. The molecule has 1 saturated heterocycles. The molecular weight excluding hydrogens is 464 g/mol. The molecule has 0 radical (unpaired) electrons. The quantitative estimate of drug-likeness (QED) is 0.486. The molecule has 3 heterocycles. The second-order valence-corrected chi connectivity index (χ2v) is 10.6. The van der Waals surface area contributed by atoms with Crippen molar-refractivity contribution in [3.63, 3.8) is 0 Å². The van der Waals surface area contributed by atoms with Crippen molar-refractivity contribution in [3.05, 3.63) is 46.2 Å². The number of amides is 2. The fraction of sp³-hybridized carbons (Fsp3) is 0.556. The van der Waals surface area contributed by atoms with Crippen molar-refractivity contribution < 1.29 is 23.8 Å². The maximum atomic E-state index is 13.7. The first-order valence-electron chi connectivity index (χ1n) is 12.5. The molecule has 1 aromatic carbocycles. The van der Waals surface area contributed by atoms with Crippen LogP contribution in [0.15, 0.2) is 35.7 Å². The van der Waals surface area contributed by atoms with Gasteiger partial charge >= 0.3 is 0 Å². The van der Waals surface area contributed by atoms with Crippen LogP contribution in [0.2, 0.25) is 0 Å². The van der Waals surface area contributed by atoms with E-state index >= 15 is 0 Å². The third kappa shape index (κ3) is 6.35. The van der Waals surface area contributed by atoms with Crippen LogP contribution in [0.1, 0.15) is 49.6 Å². The highest BCUT2D eigenvalue weighted by Gasteiger charge is 2.34. The SMILES string of the molecule is COc1ccccc1OCC1c2ccsc2CCN1C(=O)CN(CC1CCCO1)C(=O)CC(C)C. The summed E-state index contributed by atoms with van der Waals surface area (Å²) >= 11 is 1.72. The van der Waals surface area contributed by atoms with Crippen LogP contribution < -0.4 is 9.47 Å². The molecule has 4 rings (SSSR count). The smallest absolute Gasteiger partial charge is 0.242 e. The maximum Gasteiger partial charge on any atom is 0.242 e. The van der Waals surface area contributed by atoms with Crippen LogP contribution in [0.25, 0.3) is 0 Å². The average molecular weight is 501 g/mol. The lowest BCUT2D eigenvalue weighted by Crippen LogP contribution is -2.49. The minimum Gasteiger partial charge on any atom is -0.493 e. The normalized spacial score (nSPS) is 19.5. The van der Waals surface area contributed by atoms with Crippen LogP contribution in [0.4, 0.5) is 0 Å². The van der Waals surface area contributed by atoms with Gasteiger partial charge in [0, 0.05) is 31.0 Å². The van der Waals surface area contributed by atoms with E-state index in [9.17, 15) is 9.59 Å². The van der Waals surface area contributed by atoms with Crippen molar-refractivity contribution in [2.45, 2.75) is 51.7 Å². The molecule has 2 aromatic rings. The van der Waals surface area contributed by atoms with Gasteiger partial charge in [0.15, 0.2) is 11.5 Å². The molecule has 0 saturated carbocycles. The number of thiophene rings is 1. The van der Waals surface area contributed by atoms with Crippen molar-refractivity contribution in [2.75, 3.05) is 40.0 Å². The lowest BCUT2D eigenvalue weighted by molar-refractivity contribution is -0.144. The number of hydrogen-bond acceptors (Lipinski definition) is 6. The van der Waals surface area contributed by atoms with Gasteiger partial charge in [0.05, 0.1) is 25.8 Å². The summed E-state index contributed by atoms with van der Waals surface area (Å²) in [4.78, 5) is 31.6. The molecule has 35 heavy (non-hydrogen) atoms. The van der Waals surface area contributed by atoms with E-state index in [0.717, 1.165) is 31.4 Å². The monoisotopic (exact) mass is 500 g/mol. The number of fused-ring (bicyclic) bond motifs is 1. The highest BCUT2D eigenvalue weighted by Crippen LogP contribution is 2.35. The Morgan fingerprint density at radius 2 is 2.03 bits per heavy atom. The molecule has 8 heteroatoms. The second kappa shape index (κ2) is 11.9. The molecule has 0 bridgehead atoms. The molecule has 2 aliphatic heterocycles. The molecule has 190 valence electrons. The molecule has 2 amide bonds. The Balaban J connectivity index is 1.50. The third-order valence-electron chi connectivity index (χ3n) is 6.59. The first-order valence-corrected chi connectivity index (χ1v) is 13.3. The molecule has 0 N–H and O–H groups in total. The Morgan fingerprint density at radius 3 is 2.74 bits per heavy atom. The number of para-hydroxylation sites is 2. The minimum absolute atomic E-state index is 0.00780. The molecule has 2 unspecified atom stereocenters. The number of nitrogens with zero attached hydrogens (tertiary/aromatic N) is 2. The molecule has 2 atom stereocenters. The van der Waals surface area contributed by atoms with Crippen LogP contribution in [0.3, 0.4) is 0 Å². The van der Waals surface area contributed by atoms with Crippen LogP contribution in [-0.4, -0.2) is 67.7 Å². The van der Waals surface area contributed by atoms with Crippen molar-refractivity contribution in [1.82, 2.24) is 9.80 Å². The van der Waals surface area contributed by atoms with Gasteiger partial charge in [-0.2, -0.15) is 0 Å². The zero-order chi connectivity index (χ0) is 24.8. The summed E-state index contributed by atoms with van der Waals surface area (Å²) < 4.78 is 17.4. The Hall–Kier alpha value is -2.58. The Bertz CT molecular complexity index is 1000. The summed E-state index contributed by atoms with van der Waals surface area (Å²) in [5.74, 6) is 1.50. The predicted octanol–water partition coefficient (Wildman–Crippen LogP) is 4.32.